The van der Waals surface area contributed by atoms with Crippen LogP contribution in [0, 0.1) is 0 Å². The molecular weight excluding hydrogens is 266 g/mol. The van der Waals surface area contributed by atoms with E-state index in [4.69, 9.17) is 5.11 Å². The second-order valence-electron chi connectivity index (χ2n) is 3.45. The number of halogens is 6. The molecular formula is C10H8F6O2. The zero-order chi connectivity index (χ0) is 14.0. The van der Waals surface area contributed by atoms with Crippen LogP contribution in [0.15, 0.2) is 24.3 Å². The fourth-order valence-electron chi connectivity index (χ4n) is 1.17. The summed E-state index contributed by atoms with van der Waals surface area (Å²) in [4.78, 5) is 0. The Morgan fingerprint density at radius 3 is 1.89 bits per heavy atom. The van der Waals surface area contributed by atoms with E-state index < -0.39 is 30.8 Å². The molecule has 0 aromatic heterocycles. The van der Waals surface area contributed by atoms with Gasteiger partial charge in [0, 0.05) is 6.42 Å². The van der Waals surface area contributed by atoms with Crippen LogP contribution in [0.2, 0.25) is 0 Å². The van der Waals surface area contributed by atoms with Gasteiger partial charge in [-0.15, -0.1) is 13.2 Å². The van der Waals surface area contributed by atoms with Crippen molar-refractivity contribution in [1.29, 1.82) is 0 Å². The molecule has 0 fully saturated rings. The third-order valence-electron chi connectivity index (χ3n) is 1.96. The van der Waals surface area contributed by atoms with Crippen LogP contribution in [-0.4, -0.2) is 23.7 Å². The summed E-state index contributed by atoms with van der Waals surface area (Å²) in [5.41, 5.74) is 0.0503. The van der Waals surface area contributed by atoms with E-state index in [0.717, 1.165) is 24.3 Å². The molecule has 8 heteroatoms. The van der Waals surface area contributed by atoms with Crippen molar-refractivity contribution in [1.82, 2.24) is 0 Å². The van der Waals surface area contributed by atoms with Crippen LogP contribution in [0.5, 0.6) is 5.75 Å². The van der Waals surface area contributed by atoms with Gasteiger partial charge in [0.05, 0.1) is 0 Å². The molecule has 0 aliphatic carbocycles. The van der Waals surface area contributed by atoms with E-state index >= 15 is 0 Å². The third kappa shape index (κ3) is 4.82. The van der Waals surface area contributed by atoms with Crippen molar-refractivity contribution >= 4 is 0 Å². The smallest absolute Gasteiger partial charge is 0.406 e. The first-order valence-electron chi connectivity index (χ1n) is 4.67. The maximum atomic E-state index is 12.0. The Labute approximate surface area is 97.8 Å². The van der Waals surface area contributed by atoms with Crippen LogP contribution in [0.4, 0.5) is 26.3 Å². The van der Waals surface area contributed by atoms with Crippen LogP contribution in [0.3, 0.4) is 0 Å². The minimum atomic E-state index is -4.85. The SMILES string of the molecule is O[C@@H](Cc1ccc(OC(F)(F)F)cc1)C(F)(F)F. The van der Waals surface area contributed by atoms with E-state index in [0.29, 0.717) is 0 Å². The highest BCUT2D eigenvalue weighted by atomic mass is 19.4. The van der Waals surface area contributed by atoms with E-state index in [-0.39, 0.29) is 5.56 Å². The number of benzene rings is 1. The van der Waals surface area contributed by atoms with Gasteiger partial charge < -0.3 is 9.84 Å². The van der Waals surface area contributed by atoms with Crippen molar-refractivity contribution in [3.8, 4) is 5.75 Å². The molecule has 0 saturated heterocycles. The van der Waals surface area contributed by atoms with E-state index in [1.165, 1.54) is 0 Å². The molecule has 0 spiro atoms. The number of hydrogen-bond acceptors (Lipinski definition) is 2. The third-order valence-corrected chi connectivity index (χ3v) is 1.96. The van der Waals surface area contributed by atoms with E-state index in [9.17, 15) is 26.3 Å². The predicted molar refractivity (Wildman–Crippen MR) is 48.9 cm³/mol. The normalized spacial score (nSPS) is 14.4. The first-order valence-corrected chi connectivity index (χ1v) is 4.67. The molecule has 0 aliphatic rings. The summed E-state index contributed by atoms with van der Waals surface area (Å²) in [5, 5.41) is 8.76. The van der Waals surface area contributed by atoms with Gasteiger partial charge in [-0.05, 0) is 17.7 Å². The predicted octanol–water partition coefficient (Wildman–Crippen LogP) is 3.05. The Balaban J connectivity index is 2.66. The summed E-state index contributed by atoms with van der Waals surface area (Å²) in [6.07, 6.45) is -12.9. The van der Waals surface area contributed by atoms with Crippen LogP contribution in [0.25, 0.3) is 0 Å². The lowest BCUT2D eigenvalue weighted by molar-refractivity contribution is -0.274. The van der Waals surface area contributed by atoms with Gasteiger partial charge in [0.15, 0.2) is 6.10 Å². The molecule has 0 heterocycles. The van der Waals surface area contributed by atoms with Gasteiger partial charge in [0.25, 0.3) is 0 Å². The molecule has 1 N–H and O–H groups in total. The number of rotatable bonds is 3. The molecule has 0 aliphatic heterocycles. The lowest BCUT2D eigenvalue weighted by Crippen LogP contribution is -2.30. The fraction of sp³-hybridized carbons (Fsp3) is 0.400. The first kappa shape index (κ1) is 14.6. The average Bonchev–Trinajstić information content (AvgIpc) is 2.17. The maximum absolute atomic E-state index is 12.0. The molecule has 1 rings (SSSR count). The average molecular weight is 274 g/mol. The molecule has 102 valence electrons. The van der Waals surface area contributed by atoms with E-state index in [1.54, 1.807) is 0 Å². The molecule has 1 aromatic rings. The Bertz CT molecular complexity index is 381. The quantitative estimate of drug-likeness (QED) is 0.858. The highest BCUT2D eigenvalue weighted by Gasteiger charge is 2.38. The van der Waals surface area contributed by atoms with Gasteiger partial charge in [-0.25, -0.2) is 0 Å². The summed E-state index contributed by atoms with van der Waals surface area (Å²) >= 11 is 0. The molecule has 1 atom stereocenters. The molecule has 18 heavy (non-hydrogen) atoms. The van der Waals surface area contributed by atoms with Gasteiger partial charge in [-0.3, -0.25) is 0 Å². The van der Waals surface area contributed by atoms with Crippen molar-refractivity contribution in [2.45, 2.75) is 25.1 Å². The van der Waals surface area contributed by atoms with Gasteiger partial charge in [0.2, 0.25) is 0 Å². The standard InChI is InChI=1S/C10H8F6O2/c11-9(12,13)8(17)5-6-1-3-7(4-2-6)18-10(14,15)16/h1-4,8,17H,5H2/t8-/m0/s1. The second kappa shape index (κ2) is 5.05. The number of aliphatic hydroxyl groups excluding tert-OH is 1. The minimum Gasteiger partial charge on any atom is -0.406 e. The van der Waals surface area contributed by atoms with Crippen LogP contribution >= 0.6 is 0 Å². The van der Waals surface area contributed by atoms with Crippen LogP contribution in [0.1, 0.15) is 5.56 Å². The lowest BCUT2D eigenvalue weighted by atomic mass is 10.1. The largest absolute Gasteiger partial charge is 0.573 e. The lowest BCUT2D eigenvalue weighted by Gasteiger charge is -2.14. The molecule has 0 radical (unpaired) electrons. The molecule has 1 aromatic carbocycles. The van der Waals surface area contributed by atoms with Gasteiger partial charge in [-0.1, -0.05) is 12.1 Å². The molecule has 2 nitrogen and oxygen atoms in total. The minimum absolute atomic E-state index is 0.0503. The van der Waals surface area contributed by atoms with Crippen LogP contribution in [-0.2, 0) is 6.42 Å². The van der Waals surface area contributed by atoms with Gasteiger partial charge >= 0.3 is 12.5 Å². The number of ether oxygens (including phenoxy) is 1. The number of aliphatic hydroxyl groups is 1. The van der Waals surface area contributed by atoms with Crippen LogP contribution < -0.4 is 4.74 Å². The summed E-state index contributed by atoms with van der Waals surface area (Å²) in [6, 6.07) is 3.81. The highest BCUT2D eigenvalue weighted by molar-refractivity contribution is 5.27. The molecule has 0 saturated carbocycles. The maximum Gasteiger partial charge on any atom is 0.573 e. The highest BCUT2D eigenvalue weighted by Crippen LogP contribution is 2.25. The summed E-state index contributed by atoms with van der Waals surface area (Å²) in [6.45, 7) is 0. The Morgan fingerprint density at radius 2 is 1.50 bits per heavy atom. The zero-order valence-corrected chi connectivity index (χ0v) is 8.72. The Hall–Kier alpha value is -1.44. The fourth-order valence-corrected chi connectivity index (χ4v) is 1.17. The molecule has 0 amide bonds. The Kier molecular flexibility index (Phi) is 4.10. The second-order valence-corrected chi connectivity index (χ2v) is 3.45. The van der Waals surface area contributed by atoms with Crippen molar-refractivity contribution in [3.63, 3.8) is 0 Å². The number of alkyl halides is 6. The monoisotopic (exact) mass is 274 g/mol. The Morgan fingerprint density at radius 1 is 1.00 bits per heavy atom. The zero-order valence-electron chi connectivity index (χ0n) is 8.72. The number of hydrogen-bond donors (Lipinski definition) is 1. The summed E-state index contributed by atoms with van der Waals surface area (Å²) < 4.78 is 75.0. The summed E-state index contributed by atoms with van der Waals surface area (Å²) in [7, 11) is 0. The van der Waals surface area contributed by atoms with Crippen molar-refractivity contribution in [3.05, 3.63) is 29.8 Å². The topological polar surface area (TPSA) is 29.5 Å². The molecule has 0 unspecified atom stereocenters. The van der Waals surface area contributed by atoms with Crippen molar-refractivity contribution in [2.75, 3.05) is 0 Å². The van der Waals surface area contributed by atoms with Crippen molar-refractivity contribution < 1.29 is 36.2 Å². The van der Waals surface area contributed by atoms with E-state index in [1.807, 2.05) is 0 Å². The van der Waals surface area contributed by atoms with Gasteiger partial charge in [-0.2, -0.15) is 13.2 Å². The van der Waals surface area contributed by atoms with Gasteiger partial charge in [0.1, 0.15) is 5.75 Å². The first-order chi connectivity index (χ1) is 8.08. The molecule has 0 bridgehead atoms. The summed E-state index contributed by atoms with van der Waals surface area (Å²) in [5.74, 6) is -0.534. The van der Waals surface area contributed by atoms with Crippen molar-refractivity contribution in [2.24, 2.45) is 0 Å². The van der Waals surface area contributed by atoms with E-state index in [2.05, 4.69) is 4.74 Å².